The molecule has 2 N–H and O–H groups in total. The van der Waals surface area contributed by atoms with E-state index in [0.717, 1.165) is 0 Å². The second-order valence-corrected chi connectivity index (χ2v) is 5.99. The molecule has 1 saturated heterocycles. The highest BCUT2D eigenvalue weighted by Gasteiger charge is 2.28. The van der Waals surface area contributed by atoms with Crippen LogP contribution in [0.4, 0.5) is 0 Å². The van der Waals surface area contributed by atoms with Crippen molar-refractivity contribution < 1.29 is 18.3 Å². The summed E-state index contributed by atoms with van der Waals surface area (Å²) in [6.45, 7) is 1.75. The molecular weight excluding hydrogens is 206 g/mol. The molecule has 14 heavy (non-hydrogen) atoms. The van der Waals surface area contributed by atoms with Gasteiger partial charge >= 0.3 is 5.97 Å². The summed E-state index contributed by atoms with van der Waals surface area (Å²) in [4.78, 5) is 10.4. The Kier molecular flexibility index (Phi) is 3.49. The molecule has 0 bridgehead atoms. The van der Waals surface area contributed by atoms with E-state index in [1.165, 1.54) is 0 Å². The molecule has 0 aliphatic carbocycles. The molecule has 0 saturated carbocycles. The second-order valence-electron chi connectivity index (χ2n) is 3.77. The van der Waals surface area contributed by atoms with Gasteiger partial charge in [-0.1, -0.05) is 0 Å². The van der Waals surface area contributed by atoms with Crippen molar-refractivity contribution in [1.29, 1.82) is 0 Å². The molecule has 1 rings (SSSR count). The lowest BCUT2D eigenvalue weighted by Crippen LogP contribution is -2.38. The third kappa shape index (κ3) is 3.63. The first kappa shape index (κ1) is 11.5. The predicted octanol–water partition coefficient (Wildman–Crippen LogP) is -0.374. The first-order chi connectivity index (χ1) is 6.39. The highest BCUT2D eigenvalue weighted by atomic mass is 32.2. The second kappa shape index (κ2) is 4.27. The van der Waals surface area contributed by atoms with Crippen molar-refractivity contribution in [2.45, 2.75) is 31.8 Å². The van der Waals surface area contributed by atoms with Crippen molar-refractivity contribution in [2.75, 3.05) is 11.5 Å². The fourth-order valence-electron chi connectivity index (χ4n) is 1.65. The van der Waals surface area contributed by atoms with Gasteiger partial charge in [-0.15, -0.1) is 0 Å². The van der Waals surface area contributed by atoms with Crippen LogP contribution >= 0.6 is 0 Å². The zero-order valence-corrected chi connectivity index (χ0v) is 8.88. The molecule has 82 valence electrons. The van der Waals surface area contributed by atoms with Gasteiger partial charge in [-0.2, -0.15) is 0 Å². The number of rotatable bonds is 4. The largest absolute Gasteiger partial charge is 0.481 e. The molecule has 1 aliphatic heterocycles. The van der Waals surface area contributed by atoms with Crippen molar-refractivity contribution >= 4 is 15.8 Å². The van der Waals surface area contributed by atoms with E-state index in [4.69, 9.17) is 5.11 Å². The number of carboxylic acids is 1. The van der Waals surface area contributed by atoms with Crippen LogP contribution in [0.15, 0.2) is 0 Å². The lowest BCUT2D eigenvalue weighted by molar-refractivity contribution is -0.137. The number of carbonyl (C=O) groups is 1. The van der Waals surface area contributed by atoms with Gasteiger partial charge in [-0.05, 0) is 13.3 Å². The van der Waals surface area contributed by atoms with Crippen LogP contribution in [0.3, 0.4) is 0 Å². The van der Waals surface area contributed by atoms with E-state index in [-0.39, 0.29) is 30.0 Å². The minimum absolute atomic E-state index is 0.0244. The molecule has 0 radical (unpaired) electrons. The standard InChI is InChI=1S/C8H15NO4S/c1-6(4-8(10)11)9-7-2-3-14(12,13)5-7/h6-7,9H,2-5H2,1H3,(H,10,11). The Bertz CT molecular complexity index is 311. The monoisotopic (exact) mass is 221 g/mol. The summed E-state index contributed by atoms with van der Waals surface area (Å²) in [6.07, 6.45) is 0.614. The van der Waals surface area contributed by atoms with Crippen LogP contribution < -0.4 is 5.32 Å². The highest BCUT2D eigenvalue weighted by Crippen LogP contribution is 2.12. The van der Waals surface area contributed by atoms with Crippen LogP contribution in [-0.4, -0.2) is 43.1 Å². The Hall–Kier alpha value is -0.620. The lowest BCUT2D eigenvalue weighted by Gasteiger charge is -2.16. The molecule has 0 aromatic heterocycles. The Morgan fingerprint density at radius 1 is 1.64 bits per heavy atom. The van der Waals surface area contributed by atoms with Crippen molar-refractivity contribution in [1.82, 2.24) is 5.32 Å². The van der Waals surface area contributed by atoms with E-state index in [9.17, 15) is 13.2 Å². The van der Waals surface area contributed by atoms with Crippen LogP contribution in [0, 0.1) is 0 Å². The maximum absolute atomic E-state index is 11.1. The first-order valence-corrected chi connectivity index (χ1v) is 6.39. The summed E-state index contributed by atoms with van der Waals surface area (Å²) < 4.78 is 22.2. The summed E-state index contributed by atoms with van der Waals surface area (Å²) in [6, 6.07) is -0.250. The van der Waals surface area contributed by atoms with Gasteiger partial charge in [0.15, 0.2) is 9.84 Å². The van der Waals surface area contributed by atoms with Gasteiger partial charge in [0.2, 0.25) is 0 Å². The fourth-order valence-corrected chi connectivity index (χ4v) is 3.34. The molecule has 2 atom stereocenters. The van der Waals surface area contributed by atoms with Crippen LogP contribution in [0.5, 0.6) is 0 Å². The molecule has 0 spiro atoms. The molecular formula is C8H15NO4S. The molecule has 0 amide bonds. The molecule has 1 heterocycles. The van der Waals surface area contributed by atoms with Gasteiger partial charge in [0.05, 0.1) is 17.9 Å². The minimum Gasteiger partial charge on any atom is -0.481 e. The highest BCUT2D eigenvalue weighted by molar-refractivity contribution is 7.91. The quantitative estimate of drug-likeness (QED) is 0.676. The van der Waals surface area contributed by atoms with Gasteiger partial charge in [-0.25, -0.2) is 8.42 Å². The number of aliphatic carboxylic acids is 1. The fraction of sp³-hybridized carbons (Fsp3) is 0.875. The van der Waals surface area contributed by atoms with E-state index in [0.29, 0.717) is 6.42 Å². The molecule has 0 aromatic rings. The summed E-state index contributed by atoms with van der Waals surface area (Å²) >= 11 is 0. The lowest BCUT2D eigenvalue weighted by atomic mass is 10.2. The topological polar surface area (TPSA) is 83.5 Å². The molecule has 1 aliphatic rings. The van der Waals surface area contributed by atoms with E-state index in [2.05, 4.69) is 5.32 Å². The van der Waals surface area contributed by atoms with Crippen LogP contribution in [0.1, 0.15) is 19.8 Å². The molecule has 6 heteroatoms. The molecule has 2 unspecified atom stereocenters. The summed E-state index contributed by atoms with van der Waals surface area (Å²) in [5.41, 5.74) is 0. The van der Waals surface area contributed by atoms with Gasteiger partial charge in [0, 0.05) is 12.1 Å². The summed E-state index contributed by atoms with van der Waals surface area (Å²) in [5.74, 6) is -0.521. The maximum Gasteiger partial charge on any atom is 0.304 e. The average Bonchev–Trinajstić information content (AvgIpc) is 2.27. The van der Waals surface area contributed by atoms with E-state index in [1.807, 2.05) is 0 Å². The van der Waals surface area contributed by atoms with Crippen LogP contribution in [0.2, 0.25) is 0 Å². The average molecular weight is 221 g/mol. The number of hydrogen-bond donors (Lipinski definition) is 2. The van der Waals surface area contributed by atoms with Gasteiger partial charge in [0.1, 0.15) is 0 Å². The van der Waals surface area contributed by atoms with Gasteiger partial charge in [0.25, 0.3) is 0 Å². The van der Waals surface area contributed by atoms with Crippen molar-refractivity contribution in [2.24, 2.45) is 0 Å². The normalized spacial score (nSPS) is 27.4. The van der Waals surface area contributed by atoms with Gasteiger partial charge in [-0.3, -0.25) is 4.79 Å². The number of sulfone groups is 1. The SMILES string of the molecule is CC(CC(=O)O)NC1CCS(=O)(=O)C1. The van der Waals surface area contributed by atoms with Crippen molar-refractivity contribution in [3.63, 3.8) is 0 Å². The first-order valence-electron chi connectivity index (χ1n) is 4.57. The van der Waals surface area contributed by atoms with Crippen LogP contribution in [-0.2, 0) is 14.6 Å². The Balaban J connectivity index is 2.36. The maximum atomic E-state index is 11.1. The smallest absolute Gasteiger partial charge is 0.304 e. The summed E-state index contributed by atoms with van der Waals surface area (Å²) in [7, 11) is -2.88. The number of hydrogen-bond acceptors (Lipinski definition) is 4. The summed E-state index contributed by atoms with van der Waals surface area (Å²) in [5, 5.41) is 11.5. The molecule has 0 aromatic carbocycles. The number of carboxylic acid groups (broad SMARTS) is 1. The van der Waals surface area contributed by atoms with Crippen molar-refractivity contribution in [3.05, 3.63) is 0 Å². The zero-order chi connectivity index (χ0) is 10.8. The van der Waals surface area contributed by atoms with Crippen LogP contribution in [0.25, 0.3) is 0 Å². The Labute approximate surface area is 83.4 Å². The predicted molar refractivity (Wildman–Crippen MR) is 51.9 cm³/mol. The van der Waals surface area contributed by atoms with Crippen molar-refractivity contribution in [3.8, 4) is 0 Å². The third-order valence-electron chi connectivity index (χ3n) is 2.23. The third-order valence-corrected chi connectivity index (χ3v) is 4.00. The molecule has 1 fully saturated rings. The number of nitrogens with one attached hydrogen (secondary N) is 1. The molecule has 5 nitrogen and oxygen atoms in total. The van der Waals surface area contributed by atoms with E-state index in [1.54, 1.807) is 6.92 Å². The van der Waals surface area contributed by atoms with E-state index >= 15 is 0 Å². The Morgan fingerprint density at radius 3 is 2.71 bits per heavy atom. The van der Waals surface area contributed by atoms with Gasteiger partial charge < -0.3 is 10.4 Å². The minimum atomic E-state index is -2.88. The zero-order valence-electron chi connectivity index (χ0n) is 8.06. The Morgan fingerprint density at radius 2 is 2.29 bits per heavy atom. The van der Waals surface area contributed by atoms with E-state index < -0.39 is 15.8 Å².